The van der Waals surface area contributed by atoms with Gasteiger partial charge in [-0.2, -0.15) is 5.26 Å². The fourth-order valence-corrected chi connectivity index (χ4v) is 3.10. The second kappa shape index (κ2) is 8.44. The third-order valence-electron chi connectivity index (χ3n) is 4.24. The van der Waals surface area contributed by atoms with E-state index in [9.17, 15) is 14.9 Å². The molecule has 1 fully saturated rings. The highest BCUT2D eigenvalue weighted by molar-refractivity contribution is 7.98. The summed E-state index contributed by atoms with van der Waals surface area (Å²) in [7, 11) is 0. The Labute approximate surface area is 166 Å². The number of carbonyl (C=O) groups excluding carboxylic acids is 2. The number of ether oxygens (including phenoxy) is 1. The molecule has 0 atom stereocenters. The summed E-state index contributed by atoms with van der Waals surface area (Å²) in [4.78, 5) is 29.0. The second-order valence-corrected chi connectivity index (χ2v) is 7.56. The molecular formula is C19H20N4O4S. The third-order valence-corrected chi connectivity index (χ3v) is 4.93. The molecule has 9 heteroatoms. The summed E-state index contributed by atoms with van der Waals surface area (Å²) in [6.45, 7) is 3.40. The van der Waals surface area contributed by atoms with Crippen LogP contribution < -0.4 is 5.32 Å². The first-order valence-electron chi connectivity index (χ1n) is 8.85. The Morgan fingerprint density at radius 3 is 2.75 bits per heavy atom. The van der Waals surface area contributed by atoms with Gasteiger partial charge in [-0.15, -0.1) is 11.8 Å². The van der Waals surface area contributed by atoms with E-state index in [2.05, 4.69) is 15.5 Å². The monoisotopic (exact) mass is 400 g/mol. The zero-order valence-electron chi connectivity index (χ0n) is 15.8. The molecule has 2 aromatic heterocycles. The number of nitriles is 1. The van der Waals surface area contributed by atoms with Crippen molar-refractivity contribution in [2.75, 3.05) is 18.2 Å². The molecule has 1 N–H and O–H groups in total. The van der Waals surface area contributed by atoms with E-state index < -0.39 is 18.5 Å². The van der Waals surface area contributed by atoms with Gasteiger partial charge in [0.25, 0.3) is 5.91 Å². The van der Waals surface area contributed by atoms with Crippen LogP contribution in [0.4, 0.5) is 5.88 Å². The van der Waals surface area contributed by atoms with E-state index in [1.165, 1.54) is 11.8 Å². The number of anilines is 1. The molecule has 1 aliphatic carbocycles. The average molecular weight is 400 g/mol. The number of thioether (sulfide) groups is 1. The van der Waals surface area contributed by atoms with Crippen molar-refractivity contribution in [2.45, 2.75) is 43.6 Å². The van der Waals surface area contributed by atoms with Crippen LogP contribution in [-0.4, -0.2) is 34.9 Å². The van der Waals surface area contributed by atoms with Gasteiger partial charge in [-0.05, 0) is 31.1 Å². The fourth-order valence-electron chi connectivity index (χ4n) is 2.55. The number of pyridine rings is 1. The largest absolute Gasteiger partial charge is 0.452 e. The fraction of sp³-hybridized carbons (Fsp3) is 0.421. The molecule has 0 spiro atoms. The van der Waals surface area contributed by atoms with Crippen LogP contribution in [0.5, 0.6) is 0 Å². The molecule has 1 saturated carbocycles. The minimum Gasteiger partial charge on any atom is -0.452 e. The van der Waals surface area contributed by atoms with Gasteiger partial charge in [0.2, 0.25) is 5.88 Å². The molecule has 8 nitrogen and oxygen atoms in total. The summed E-state index contributed by atoms with van der Waals surface area (Å²) < 4.78 is 10.1. The van der Waals surface area contributed by atoms with Crippen molar-refractivity contribution < 1.29 is 18.8 Å². The Bertz CT molecular complexity index is 944. The van der Waals surface area contributed by atoms with Crippen LogP contribution in [0.25, 0.3) is 0 Å². The maximum atomic E-state index is 12.5. The third kappa shape index (κ3) is 4.51. The standard InChI is InChI=1S/C19H20N4O4S/c1-10(2)14-7-17(27-23-14)22-16(24)9-26-19(25)12-6-15(11-4-5-11)21-18(28-3)13(12)8-20/h6-7,10-11H,4-5,9H2,1-3H3,(H,22,24). The number of esters is 1. The van der Waals surface area contributed by atoms with Crippen LogP contribution in [0.3, 0.4) is 0 Å². The summed E-state index contributed by atoms with van der Waals surface area (Å²) in [5.41, 5.74) is 1.79. The Kier molecular flexibility index (Phi) is 5.99. The number of carbonyl (C=O) groups is 2. The smallest absolute Gasteiger partial charge is 0.340 e. The highest BCUT2D eigenvalue weighted by Crippen LogP contribution is 2.40. The first kappa shape index (κ1) is 19.9. The van der Waals surface area contributed by atoms with Gasteiger partial charge in [0.1, 0.15) is 11.1 Å². The molecule has 146 valence electrons. The molecule has 0 saturated heterocycles. The van der Waals surface area contributed by atoms with E-state index in [-0.39, 0.29) is 22.9 Å². The Hall–Kier alpha value is -2.86. The van der Waals surface area contributed by atoms with Gasteiger partial charge in [-0.1, -0.05) is 19.0 Å². The van der Waals surface area contributed by atoms with Crippen LogP contribution in [0.2, 0.25) is 0 Å². The molecule has 0 radical (unpaired) electrons. The number of nitrogens with one attached hydrogen (secondary N) is 1. The highest BCUT2D eigenvalue weighted by atomic mass is 32.2. The van der Waals surface area contributed by atoms with Gasteiger partial charge >= 0.3 is 5.97 Å². The molecule has 0 unspecified atom stereocenters. The summed E-state index contributed by atoms with van der Waals surface area (Å²) in [5, 5.41) is 16.3. The second-order valence-electron chi connectivity index (χ2n) is 6.76. The van der Waals surface area contributed by atoms with Crippen LogP contribution in [-0.2, 0) is 9.53 Å². The average Bonchev–Trinajstić information content (AvgIpc) is 3.43. The number of hydrogen-bond donors (Lipinski definition) is 1. The Balaban J connectivity index is 1.67. The Morgan fingerprint density at radius 2 is 2.18 bits per heavy atom. The van der Waals surface area contributed by atoms with E-state index in [0.717, 1.165) is 18.5 Å². The van der Waals surface area contributed by atoms with Crippen molar-refractivity contribution in [3.63, 3.8) is 0 Å². The van der Waals surface area contributed by atoms with Crippen LogP contribution in [0.1, 0.15) is 65.8 Å². The van der Waals surface area contributed by atoms with Gasteiger partial charge < -0.3 is 9.26 Å². The van der Waals surface area contributed by atoms with Crippen molar-refractivity contribution in [3.8, 4) is 6.07 Å². The van der Waals surface area contributed by atoms with E-state index in [1.54, 1.807) is 18.4 Å². The van der Waals surface area contributed by atoms with E-state index in [1.807, 2.05) is 19.9 Å². The molecule has 0 aliphatic heterocycles. The van der Waals surface area contributed by atoms with Crippen LogP contribution in [0, 0.1) is 11.3 Å². The molecule has 0 aromatic carbocycles. The molecule has 28 heavy (non-hydrogen) atoms. The normalized spacial score (nSPS) is 13.2. The minimum absolute atomic E-state index is 0.137. The molecule has 3 rings (SSSR count). The van der Waals surface area contributed by atoms with Gasteiger partial charge in [0, 0.05) is 17.7 Å². The summed E-state index contributed by atoms with van der Waals surface area (Å²) in [6.07, 6.45) is 3.82. The summed E-state index contributed by atoms with van der Waals surface area (Å²) in [6, 6.07) is 5.23. The Morgan fingerprint density at radius 1 is 1.43 bits per heavy atom. The van der Waals surface area contributed by atoms with Gasteiger partial charge in [0.15, 0.2) is 6.61 Å². The van der Waals surface area contributed by atoms with Crippen molar-refractivity contribution in [1.82, 2.24) is 10.1 Å². The first-order valence-corrected chi connectivity index (χ1v) is 10.1. The highest BCUT2D eigenvalue weighted by Gasteiger charge is 2.29. The molecular weight excluding hydrogens is 380 g/mol. The lowest BCUT2D eigenvalue weighted by Gasteiger charge is -2.10. The lowest BCUT2D eigenvalue weighted by atomic mass is 10.1. The first-order chi connectivity index (χ1) is 13.4. The number of nitrogens with zero attached hydrogens (tertiary/aromatic N) is 3. The quantitative estimate of drug-likeness (QED) is 0.554. The maximum absolute atomic E-state index is 12.5. The lowest BCUT2D eigenvalue weighted by Crippen LogP contribution is -2.21. The van der Waals surface area contributed by atoms with Gasteiger partial charge in [-0.3, -0.25) is 10.1 Å². The molecule has 0 bridgehead atoms. The van der Waals surface area contributed by atoms with Crippen LogP contribution >= 0.6 is 11.8 Å². The molecule has 2 aromatic rings. The molecule has 1 aliphatic rings. The van der Waals surface area contributed by atoms with Crippen molar-refractivity contribution >= 4 is 29.5 Å². The predicted octanol–water partition coefficient (Wildman–Crippen LogP) is 3.46. The van der Waals surface area contributed by atoms with Gasteiger partial charge in [-0.25, -0.2) is 9.78 Å². The van der Waals surface area contributed by atoms with Crippen molar-refractivity contribution in [2.24, 2.45) is 0 Å². The van der Waals surface area contributed by atoms with E-state index in [0.29, 0.717) is 16.6 Å². The minimum atomic E-state index is -0.730. The van der Waals surface area contributed by atoms with Crippen LogP contribution in [0.15, 0.2) is 21.7 Å². The summed E-state index contributed by atoms with van der Waals surface area (Å²) in [5.74, 6) is -0.622. The number of amides is 1. The zero-order chi connectivity index (χ0) is 20.3. The number of rotatable bonds is 7. The predicted molar refractivity (Wildman–Crippen MR) is 102 cm³/mol. The van der Waals surface area contributed by atoms with Gasteiger partial charge in [0.05, 0.1) is 16.8 Å². The van der Waals surface area contributed by atoms with E-state index >= 15 is 0 Å². The zero-order valence-corrected chi connectivity index (χ0v) is 16.6. The maximum Gasteiger partial charge on any atom is 0.340 e. The van der Waals surface area contributed by atoms with Crippen molar-refractivity contribution in [3.05, 3.63) is 34.6 Å². The van der Waals surface area contributed by atoms with Crippen molar-refractivity contribution in [1.29, 1.82) is 5.26 Å². The SMILES string of the molecule is CSc1nc(C2CC2)cc(C(=O)OCC(=O)Nc2cc(C(C)C)no2)c1C#N. The number of hydrogen-bond acceptors (Lipinski definition) is 8. The van der Waals surface area contributed by atoms with E-state index in [4.69, 9.17) is 9.26 Å². The number of aromatic nitrogens is 2. The summed E-state index contributed by atoms with van der Waals surface area (Å²) >= 11 is 1.30. The topological polar surface area (TPSA) is 118 Å². The lowest BCUT2D eigenvalue weighted by molar-refractivity contribution is -0.119. The molecule has 1 amide bonds. The molecule has 2 heterocycles.